The van der Waals surface area contributed by atoms with Crippen LogP contribution in [0, 0.1) is 0 Å². The summed E-state index contributed by atoms with van der Waals surface area (Å²) in [6, 6.07) is 0. The molecule has 0 aliphatic carbocycles. The Kier molecular flexibility index (Phi) is 5.35. The number of aryl methyl sites for hydroxylation is 1. The molecule has 2 rings (SSSR count). The van der Waals surface area contributed by atoms with Crippen LogP contribution in [0.5, 0.6) is 0 Å². The maximum atomic E-state index is 12.0. The van der Waals surface area contributed by atoms with Crippen LogP contribution in [0.25, 0.3) is 0 Å². The van der Waals surface area contributed by atoms with Crippen molar-refractivity contribution in [3.05, 3.63) is 12.4 Å². The fraction of sp³-hybridized carbons (Fsp3) is 0.692. The number of nitrogens with one attached hydrogen (secondary N) is 1. The highest BCUT2D eigenvalue weighted by atomic mass is 32.2. The molecule has 0 bridgehead atoms. The highest BCUT2D eigenvalue weighted by Gasteiger charge is 2.18. The van der Waals surface area contributed by atoms with Crippen molar-refractivity contribution in [1.82, 2.24) is 19.4 Å². The van der Waals surface area contributed by atoms with E-state index in [1.54, 1.807) is 7.05 Å². The summed E-state index contributed by atoms with van der Waals surface area (Å²) >= 11 is 0. The average molecular weight is 314 g/mol. The molecule has 7 nitrogen and oxygen atoms in total. The van der Waals surface area contributed by atoms with Gasteiger partial charge in [0.1, 0.15) is 4.90 Å². The average Bonchev–Trinajstić information content (AvgIpc) is 2.77. The van der Waals surface area contributed by atoms with E-state index < -0.39 is 10.0 Å². The number of hydrogen-bond donors (Lipinski definition) is 1. The maximum Gasteiger partial charge on any atom is 0.243 e. The normalized spacial score (nSPS) is 17.0. The van der Waals surface area contributed by atoms with Crippen LogP contribution in [-0.4, -0.2) is 48.6 Å². The van der Waals surface area contributed by atoms with E-state index in [1.807, 2.05) is 4.90 Å². The third kappa shape index (κ3) is 4.53. The van der Waals surface area contributed by atoms with Gasteiger partial charge in [-0.25, -0.2) is 13.1 Å². The number of hydrogen-bond acceptors (Lipinski definition) is 4. The van der Waals surface area contributed by atoms with Crippen LogP contribution in [0.1, 0.15) is 32.1 Å². The van der Waals surface area contributed by atoms with Crippen LogP contribution in [0.4, 0.5) is 0 Å². The lowest BCUT2D eigenvalue weighted by atomic mass is 10.2. The quantitative estimate of drug-likeness (QED) is 0.775. The van der Waals surface area contributed by atoms with Crippen LogP contribution in [0.15, 0.2) is 17.3 Å². The second-order valence-corrected chi connectivity index (χ2v) is 7.06. The van der Waals surface area contributed by atoms with E-state index in [9.17, 15) is 13.2 Å². The third-order valence-electron chi connectivity index (χ3n) is 3.56. The molecule has 1 fully saturated rings. The first kappa shape index (κ1) is 16.0. The molecule has 0 saturated carbocycles. The number of aromatic nitrogens is 2. The molecule has 1 aromatic heterocycles. The zero-order chi connectivity index (χ0) is 15.3. The van der Waals surface area contributed by atoms with E-state index in [1.165, 1.54) is 17.1 Å². The zero-order valence-electron chi connectivity index (χ0n) is 12.3. The first-order chi connectivity index (χ1) is 9.99. The van der Waals surface area contributed by atoms with E-state index in [0.29, 0.717) is 25.9 Å². The molecule has 1 aliphatic heterocycles. The molecule has 8 heteroatoms. The van der Waals surface area contributed by atoms with Crippen LogP contribution < -0.4 is 4.72 Å². The minimum atomic E-state index is -3.50. The summed E-state index contributed by atoms with van der Waals surface area (Å²) in [4.78, 5) is 13.8. The minimum absolute atomic E-state index is 0.163. The first-order valence-electron chi connectivity index (χ1n) is 7.25. The Bertz CT molecular complexity index is 582. The molecule has 0 spiro atoms. The molecule has 0 atom stereocenters. The second-order valence-electron chi connectivity index (χ2n) is 5.29. The van der Waals surface area contributed by atoms with Gasteiger partial charge >= 0.3 is 0 Å². The Hall–Kier alpha value is -1.41. The topological polar surface area (TPSA) is 84.3 Å². The number of carbonyl (C=O) groups is 1. The smallest absolute Gasteiger partial charge is 0.243 e. The third-order valence-corrected chi connectivity index (χ3v) is 4.98. The SMILES string of the molecule is Cn1cc(S(=O)(=O)NCCCN2CCCCCC2=O)cn1. The summed E-state index contributed by atoms with van der Waals surface area (Å²) in [5.74, 6) is 0.183. The van der Waals surface area contributed by atoms with Crippen molar-refractivity contribution < 1.29 is 13.2 Å². The fourth-order valence-electron chi connectivity index (χ4n) is 2.37. The van der Waals surface area contributed by atoms with Gasteiger partial charge in [-0.15, -0.1) is 0 Å². The molecule has 0 radical (unpaired) electrons. The lowest BCUT2D eigenvalue weighted by Crippen LogP contribution is -2.33. The van der Waals surface area contributed by atoms with Gasteiger partial charge in [0.2, 0.25) is 15.9 Å². The fourth-order valence-corrected chi connectivity index (χ4v) is 3.43. The van der Waals surface area contributed by atoms with Gasteiger partial charge in [-0.05, 0) is 19.3 Å². The monoisotopic (exact) mass is 314 g/mol. The molecular formula is C13H22N4O3S. The van der Waals surface area contributed by atoms with Crippen molar-refractivity contribution >= 4 is 15.9 Å². The highest BCUT2D eigenvalue weighted by Crippen LogP contribution is 2.11. The Morgan fingerprint density at radius 2 is 2.14 bits per heavy atom. The lowest BCUT2D eigenvalue weighted by Gasteiger charge is -2.20. The van der Waals surface area contributed by atoms with E-state index in [2.05, 4.69) is 9.82 Å². The molecule has 0 unspecified atom stereocenters. The number of rotatable bonds is 6. The summed E-state index contributed by atoms with van der Waals surface area (Å²) in [6.07, 6.45) is 7.10. The molecule has 0 aromatic carbocycles. The Morgan fingerprint density at radius 3 is 2.86 bits per heavy atom. The number of sulfonamides is 1. The van der Waals surface area contributed by atoms with Gasteiger partial charge in [-0.1, -0.05) is 6.42 Å². The van der Waals surface area contributed by atoms with E-state index in [4.69, 9.17) is 0 Å². The van der Waals surface area contributed by atoms with Gasteiger partial charge in [0.25, 0.3) is 0 Å². The largest absolute Gasteiger partial charge is 0.343 e. The predicted octanol–water partition coefficient (Wildman–Crippen LogP) is 0.491. The number of amides is 1. The second kappa shape index (κ2) is 7.04. The summed E-state index contributed by atoms with van der Waals surface area (Å²) < 4.78 is 27.9. The Balaban J connectivity index is 1.77. The van der Waals surface area contributed by atoms with Crippen LogP contribution >= 0.6 is 0 Å². The summed E-state index contributed by atoms with van der Waals surface area (Å²) in [7, 11) is -1.83. The molecule has 1 saturated heterocycles. The van der Waals surface area contributed by atoms with Crippen molar-refractivity contribution in [2.75, 3.05) is 19.6 Å². The van der Waals surface area contributed by atoms with Crippen molar-refractivity contribution in [2.24, 2.45) is 7.05 Å². The summed E-state index contributed by atoms with van der Waals surface area (Å²) in [6.45, 7) is 1.71. The Labute approximate surface area is 125 Å². The van der Waals surface area contributed by atoms with E-state index in [-0.39, 0.29) is 10.8 Å². The number of likely N-dealkylation sites (tertiary alicyclic amines) is 1. The van der Waals surface area contributed by atoms with Crippen molar-refractivity contribution in [3.8, 4) is 0 Å². The standard InChI is InChI=1S/C13H22N4O3S/c1-16-11-12(10-14-16)21(19,20)15-7-5-9-17-8-4-2-3-6-13(17)18/h10-11,15H,2-9H2,1H3. The number of carbonyl (C=O) groups excluding carboxylic acids is 1. The predicted molar refractivity (Wildman–Crippen MR) is 78.1 cm³/mol. The van der Waals surface area contributed by atoms with Crippen molar-refractivity contribution in [3.63, 3.8) is 0 Å². The van der Waals surface area contributed by atoms with E-state index >= 15 is 0 Å². The molecule has 1 amide bonds. The van der Waals surface area contributed by atoms with Crippen LogP contribution in [-0.2, 0) is 21.9 Å². The first-order valence-corrected chi connectivity index (χ1v) is 8.73. The zero-order valence-corrected chi connectivity index (χ0v) is 13.1. The molecule has 1 N–H and O–H groups in total. The summed E-state index contributed by atoms with van der Waals surface area (Å²) in [5, 5.41) is 3.85. The van der Waals surface area contributed by atoms with Crippen molar-refractivity contribution in [2.45, 2.75) is 37.0 Å². The van der Waals surface area contributed by atoms with Gasteiger partial charge in [0.15, 0.2) is 0 Å². The van der Waals surface area contributed by atoms with Gasteiger partial charge in [-0.2, -0.15) is 5.10 Å². The minimum Gasteiger partial charge on any atom is -0.343 e. The van der Waals surface area contributed by atoms with Gasteiger partial charge in [-0.3, -0.25) is 9.48 Å². The summed E-state index contributed by atoms with van der Waals surface area (Å²) in [5.41, 5.74) is 0. The Morgan fingerprint density at radius 1 is 1.33 bits per heavy atom. The maximum absolute atomic E-state index is 12.0. The van der Waals surface area contributed by atoms with Crippen LogP contribution in [0.2, 0.25) is 0 Å². The van der Waals surface area contributed by atoms with Gasteiger partial charge < -0.3 is 4.90 Å². The van der Waals surface area contributed by atoms with Gasteiger partial charge in [0, 0.05) is 39.3 Å². The molecule has 118 valence electrons. The van der Waals surface area contributed by atoms with Crippen molar-refractivity contribution in [1.29, 1.82) is 0 Å². The molecule has 1 aliphatic rings. The van der Waals surface area contributed by atoms with E-state index in [0.717, 1.165) is 25.8 Å². The molecule has 1 aromatic rings. The van der Waals surface area contributed by atoms with Crippen LogP contribution in [0.3, 0.4) is 0 Å². The molecule has 21 heavy (non-hydrogen) atoms. The van der Waals surface area contributed by atoms with Gasteiger partial charge in [0.05, 0.1) is 6.20 Å². The highest BCUT2D eigenvalue weighted by molar-refractivity contribution is 7.89. The number of nitrogens with zero attached hydrogens (tertiary/aromatic N) is 3. The molecule has 2 heterocycles. The molecular weight excluding hydrogens is 292 g/mol. The lowest BCUT2D eigenvalue weighted by molar-refractivity contribution is -0.130.